The van der Waals surface area contributed by atoms with Crippen LogP contribution in [-0.4, -0.2) is 73.3 Å². The Bertz CT molecular complexity index is 3530. The average molecular weight is 915 g/mol. The minimum Gasteiger partial charge on any atom is -0.388 e. The molecular formula is C54H50N12O3. The maximum atomic E-state index is 12.3. The topological polar surface area (TPSA) is 168 Å². The fourth-order valence-electron chi connectivity index (χ4n) is 13.9. The number of imidazole rings is 3. The molecule has 0 amide bonds. The fraction of sp³-hybridized carbons (Fsp3) is 0.333. The van der Waals surface area contributed by atoms with Gasteiger partial charge in [-0.2, -0.15) is 15.3 Å². The lowest BCUT2D eigenvalue weighted by molar-refractivity contribution is 0.0710. The number of aromatic nitrogens is 12. The van der Waals surface area contributed by atoms with Crippen LogP contribution in [0.5, 0.6) is 0 Å². The molecule has 9 atom stereocenters. The highest BCUT2D eigenvalue weighted by molar-refractivity contribution is 5.72. The zero-order chi connectivity index (χ0) is 45.8. The van der Waals surface area contributed by atoms with Gasteiger partial charge >= 0.3 is 0 Å². The first-order valence-corrected chi connectivity index (χ1v) is 24.4. The summed E-state index contributed by atoms with van der Waals surface area (Å²) < 4.78 is 12.8. The van der Waals surface area contributed by atoms with Gasteiger partial charge in [-0.05, 0) is 78.5 Å². The number of hydrogen-bond acceptors (Lipinski definition) is 9. The molecule has 15 rings (SSSR count). The van der Waals surface area contributed by atoms with Gasteiger partial charge in [0.05, 0.1) is 123 Å². The molecule has 0 saturated heterocycles. The van der Waals surface area contributed by atoms with Gasteiger partial charge in [0.1, 0.15) is 0 Å². The van der Waals surface area contributed by atoms with Gasteiger partial charge in [0, 0.05) is 75.3 Å². The molecule has 6 aromatic heterocycles. The largest absolute Gasteiger partial charge is 0.388 e. The van der Waals surface area contributed by atoms with E-state index in [0.717, 1.165) is 112 Å². The van der Waals surface area contributed by atoms with Gasteiger partial charge in [0.15, 0.2) is 0 Å². The van der Waals surface area contributed by atoms with Crippen molar-refractivity contribution in [3.63, 3.8) is 0 Å². The van der Waals surface area contributed by atoms with Crippen LogP contribution in [0, 0.1) is 17.8 Å². The Labute approximate surface area is 397 Å². The van der Waals surface area contributed by atoms with Gasteiger partial charge in [-0.1, -0.05) is 48.5 Å². The molecule has 15 heteroatoms. The molecule has 9 aromatic rings. The van der Waals surface area contributed by atoms with Crippen molar-refractivity contribution in [1.29, 1.82) is 0 Å². The molecule has 6 aliphatic rings. The van der Waals surface area contributed by atoms with Crippen LogP contribution in [-0.2, 0) is 39.4 Å². The Morgan fingerprint density at radius 1 is 0.464 bits per heavy atom. The minimum absolute atomic E-state index is 0.00816. The van der Waals surface area contributed by atoms with E-state index < -0.39 is 18.3 Å². The lowest BCUT2D eigenvalue weighted by Gasteiger charge is -2.34. The number of aliphatic hydroxyl groups excluding tert-OH is 3. The van der Waals surface area contributed by atoms with Crippen molar-refractivity contribution < 1.29 is 15.3 Å². The second-order valence-corrected chi connectivity index (χ2v) is 20.3. The van der Waals surface area contributed by atoms with Crippen molar-refractivity contribution in [2.75, 3.05) is 0 Å². The molecule has 3 N–H and O–H groups in total. The third-order valence-corrected chi connectivity index (χ3v) is 17.1. The van der Waals surface area contributed by atoms with Crippen molar-refractivity contribution >= 4 is 0 Å². The molecule has 3 aliphatic carbocycles. The summed E-state index contributed by atoms with van der Waals surface area (Å²) in [6.07, 6.45) is 20.2. The number of hydrogen-bond donors (Lipinski definition) is 3. The molecule has 0 bridgehead atoms. The number of aliphatic hydroxyl groups is 3. The summed E-state index contributed by atoms with van der Waals surface area (Å²) >= 11 is 0. The van der Waals surface area contributed by atoms with Crippen molar-refractivity contribution in [2.24, 2.45) is 24.8 Å². The van der Waals surface area contributed by atoms with E-state index in [0.29, 0.717) is 13.1 Å². The van der Waals surface area contributed by atoms with E-state index in [1.165, 1.54) is 22.3 Å². The monoisotopic (exact) mass is 914 g/mol. The third-order valence-electron chi connectivity index (χ3n) is 17.1. The fourth-order valence-corrected chi connectivity index (χ4v) is 13.9. The van der Waals surface area contributed by atoms with E-state index in [4.69, 9.17) is 10.2 Å². The molecule has 0 spiro atoms. The highest BCUT2D eigenvalue weighted by Gasteiger charge is 2.45. The zero-order valence-corrected chi connectivity index (χ0v) is 38.0. The van der Waals surface area contributed by atoms with Crippen molar-refractivity contribution in [2.45, 2.75) is 88.1 Å². The molecule has 9 heterocycles. The van der Waals surface area contributed by atoms with Crippen LogP contribution in [0.2, 0.25) is 0 Å². The SMILES string of the molecule is Cn1ncc2c1CC[C@H]([C@H]1c3ccc(Cn4ncc5c4CC[C@@H]([C@H]4c6ccc(Cn7ncc8c7CC[C@@H]([C@H]7c9ccccc9-c9cncn97)[C@@H]8O)cc6-c6cncn64)[C@H]5O)cc3-c3cncn31)[C@H]2O. The molecule has 69 heavy (non-hydrogen) atoms. The van der Waals surface area contributed by atoms with E-state index >= 15 is 0 Å². The first-order chi connectivity index (χ1) is 33.9. The van der Waals surface area contributed by atoms with Gasteiger partial charge < -0.3 is 29.0 Å². The Morgan fingerprint density at radius 2 is 0.884 bits per heavy atom. The maximum absolute atomic E-state index is 12.3. The standard InChI is InChI=1S/C54H50N12O3/c1-61-43-13-10-35(52(67)40(43)18-58-61)50-33-8-6-29(16-38(33)47-22-56-27-63(47)50)25-66-45-15-12-37(54(69)42(45)20-60-66)51-34-9-7-30(17-39(34)48-23-57-28-64(48)51)24-65-44-14-11-36(53(68)41(44)19-59-65)49-32-5-3-2-4-31(32)46-21-55-26-62(46)49/h2-9,16-23,26-28,35-37,49-54,67-69H,10-15,24-25H2,1H3/t35-,36+,37+,49-,50-,51-,52-,53+,54-/m1/s1. The van der Waals surface area contributed by atoms with Crippen LogP contribution in [0.15, 0.2) is 117 Å². The average Bonchev–Trinajstić information content (AvgIpc) is 4.23. The van der Waals surface area contributed by atoms with Crippen LogP contribution >= 0.6 is 0 Å². The lowest BCUT2D eigenvalue weighted by Crippen LogP contribution is -2.29. The lowest BCUT2D eigenvalue weighted by atomic mass is 9.77. The van der Waals surface area contributed by atoms with Crippen molar-refractivity contribution in [3.05, 3.63) is 178 Å². The minimum atomic E-state index is -0.699. The Balaban J connectivity index is 0.667. The summed E-state index contributed by atoms with van der Waals surface area (Å²) in [5.41, 5.74) is 18.7. The van der Waals surface area contributed by atoms with Gasteiger partial charge in [0.25, 0.3) is 0 Å². The summed E-state index contributed by atoms with van der Waals surface area (Å²) in [6, 6.07) is 21.9. The van der Waals surface area contributed by atoms with Crippen LogP contribution in [0.3, 0.4) is 0 Å². The summed E-state index contributed by atoms with van der Waals surface area (Å²) in [6.45, 7) is 1.18. The number of fused-ring (bicyclic) bond motifs is 12. The molecule has 0 unspecified atom stereocenters. The van der Waals surface area contributed by atoms with Gasteiger partial charge in [0.2, 0.25) is 0 Å². The van der Waals surface area contributed by atoms with E-state index in [1.54, 1.807) is 0 Å². The second kappa shape index (κ2) is 14.7. The van der Waals surface area contributed by atoms with Crippen LogP contribution < -0.4 is 0 Å². The van der Waals surface area contributed by atoms with E-state index in [2.05, 4.69) is 104 Å². The Morgan fingerprint density at radius 3 is 1.39 bits per heavy atom. The molecule has 0 radical (unpaired) electrons. The first kappa shape index (κ1) is 39.8. The summed E-state index contributed by atoms with van der Waals surface area (Å²) in [5.74, 6) is -0.0479. The van der Waals surface area contributed by atoms with Crippen LogP contribution in [0.1, 0.15) is 117 Å². The molecule has 0 saturated carbocycles. The second-order valence-electron chi connectivity index (χ2n) is 20.3. The number of nitrogens with zero attached hydrogens (tertiary/aromatic N) is 12. The van der Waals surface area contributed by atoms with Gasteiger partial charge in [-0.25, -0.2) is 15.0 Å². The van der Waals surface area contributed by atoms with E-state index in [9.17, 15) is 15.3 Å². The summed E-state index contributed by atoms with van der Waals surface area (Å²) in [5, 5.41) is 50.1. The van der Waals surface area contributed by atoms with Crippen molar-refractivity contribution in [3.8, 4) is 33.8 Å². The molecule has 0 fully saturated rings. The van der Waals surface area contributed by atoms with Crippen molar-refractivity contribution in [1.82, 2.24) is 58.0 Å². The van der Waals surface area contributed by atoms with Crippen LogP contribution in [0.25, 0.3) is 33.8 Å². The van der Waals surface area contributed by atoms with Gasteiger partial charge in [-0.15, -0.1) is 0 Å². The summed E-state index contributed by atoms with van der Waals surface area (Å²) in [4.78, 5) is 13.6. The zero-order valence-electron chi connectivity index (χ0n) is 38.0. The smallest absolute Gasteiger partial charge is 0.0956 e. The normalized spacial score (nSPS) is 25.6. The van der Waals surface area contributed by atoms with E-state index in [1.807, 2.05) is 67.9 Å². The molecule has 15 nitrogen and oxygen atoms in total. The molecule has 3 aromatic carbocycles. The van der Waals surface area contributed by atoms with Gasteiger partial charge in [-0.3, -0.25) is 14.0 Å². The van der Waals surface area contributed by atoms with Crippen LogP contribution in [0.4, 0.5) is 0 Å². The first-order valence-electron chi connectivity index (χ1n) is 24.4. The maximum Gasteiger partial charge on any atom is 0.0956 e. The molecular weight excluding hydrogens is 865 g/mol. The summed E-state index contributed by atoms with van der Waals surface area (Å²) in [7, 11) is 1.95. The predicted molar refractivity (Wildman–Crippen MR) is 254 cm³/mol. The Hall–Kier alpha value is -7.20. The van der Waals surface area contributed by atoms with E-state index in [-0.39, 0.29) is 35.9 Å². The predicted octanol–water partition coefficient (Wildman–Crippen LogP) is 7.10. The molecule has 3 aliphatic heterocycles. The highest BCUT2D eigenvalue weighted by Crippen LogP contribution is 2.53. The molecule has 344 valence electrons. The number of rotatable bonds is 7. The Kier molecular flexibility index (Phi) is 8.45. The highest BCUT2D eigenvalue weighted by atomic mass is 16.3. The third kappa shape index (κ3) is 5.60. The number of aryl methyl sites for hydroxylation is 1. The number of benzene rings is 3. The quantitative estimate of drug-likeness (QED) is 0.151.